The summed E-state index contributed by atoms with van der Waals surface area (Å²) in [4.78, 5) is 0. The molecule has 3 nitrogen and oxygen atoms in total. The van der Waals surface area contributed by atoms with Gasteiger partial charge in [0.2, 0.25) is 0 Å². The molecule has 0 amide bonds. The van der Waals surface area contributed by atoms with Crippen LogP contribution in [0.15, 0.2) is 78.9 Å². The van der Waals surface area contributed by atoms with E-state index in [0.717, 1.165) is 29.2 Å². The molecule has 0 N–H and O–H groups in total. The van der Waals surface area contributed by atoms with Gasteiger partial charge in [0.15, 0.2) is 11.5 Å². The van der Waals surface area contributed by atoms with E-state index in [1.165, 1.54) is 38.1 Å². The van der Waals surface area contributed by atoms with Crippen LogP contribution < -0.4 is 4.74 Å². The van der Waals surface area contributed by atoms with Gasteiger partial charge in [0.25, 0.3) is 0 Å². The molecule has 29 heavy (non-hydrogen) atoms. The predicted molar refractivity (Wildman–Crippen MR) is 120 cm³/mol. The summed E-state index contributed by atoms with van der Waals surface area (Å²) in [7, 11) is 0. The van der Waals surface area contributed by atoms with Crippen LogP contribution in [0, 0.1) is 0 Å². The van der Waals surface area contributed by atoms with Crippen LogP contribution in [0.25, 0.3) is 49.3 Å². The summed E-state index contributed by atoms with van der Waals surface area (Å²) in [5.41, 5.74) is 6.00. The van der Waals surface area contributed by atoms with Gasteiger partial charge in [-0.3, -0.25) is 0 Å². The first-order valence-electron chi connectivity index (χ1n) is 10.1. The Morgan fingerprint density at radius 3 is 2.21 bits per heavy atom. The minimum atomic E-state index is 0.904. The molecule has 0 bridgehead atoms. The van der Waals surface area contributed by atoms with Crippen molar-refractivity contribution in [2.45, 2.75) is 13.5 Å². The fraction of sp³-hybridized carbons (Fsp3) is 0.0769. The topological polar surface area (TPSA) is 19.1 Å². The van der Waals surface area contributed by atoms with Crippen molar-refractivity contribution in [2.75, 3.05) is 0 Å². The number of aromatic nitrogens is 2. The second-order valence-electron chi connectivity index (χ2n) is 7.68. The van der Waals surface area contributed by atoms with E-state index in [9.17, 15) is 0 Å². The number of nitrogens with zero attached hydrogens (tertiary/aromatic N) is 2. The molecule has 138 valence electrons. The van der Waals surface area contributed by atoms with Gasteiger partial charge in [-0.05, 0) is 31.2 Å². The summed E-state index contributed by atoms with van der Waals surface area (Å²) in [5.74, 6) is 1.83. The molecular weight excluding hydrogens is 356 g/mol. The third-order valence-electron chi connectivity index (χ3n) is 6.28. The summed E-state index contributed by atoms with van der Waals surface area (Å²) in [6.45, 7) is 3.13. The van der Waals surface area contributed by atoms with Gasteiger partial charge >= 0.3 is 0 Å². The molecule has 7 rings (SSSR count). The van der Waals surface area contributed by atoms with Crippen molar-refractivity contribution >= 4 is 43.6 Å². The lowest BCUT2D eigenvalue weighted by atomic mass is 10.0. The normalized spacial score (nSPS) is 12.7. The van der Waals surface area contributed by atoms with Crippen LogP contribution in [0.2, 0.25) is 0 Å². The Kier molecular flexibility index (Phi) is 2.73. The zero-order valence-corrected chi connectivity index (χ0v) is 16.0. The number of fused-ring (bicyclic) bond motifs is 9. The van der Waals surface area contributed by atoms with Gasteiger partial charge in [-0.15, -0.1) is 0 Å². The molecule has 4 aromatic carbocycles. The number of benzene rings is 4. The second kappa shape index (κ2) is 5.21. The summed E-state index contributed by atoms with van der Waals surface area (Å²) >= 11 is 0. The molecule has 0 fully saturated rings. The van der Waals surface area contributed by atoms with Crippen molar-refractivity contribution < 1.29 is 4.74 Å². The first-order chi connectivity index (χ1) is 14.4. The van der Waals surface area contributed by atoms with Crippen LogP contribution in [-0.4, -0.2) is 9.13 Å². The molecule has 1 aliphatic heterocycles. The Morgan fingerprint density at radius 1 is 0.690 bits per heavy atom. The number of para-hydroxylation sites is 4. The summed E-state index contributed by atoms with van der Waals surface area (Å²) in [5, 5.41) is 5.18. The Bertz CT molecular complexity index is 1620. The van der Waals surface area contributed by atoms with E-state index in [4.69, 9.17) is 4.74 Å². The second-order valence-corrected chi connectivity index (χ2v) is 7.68. The van der Waals surface area contributed by atoms with Crippen LogP contribution in [0.4, 0.5) is 0 Å². The molecule has 0 saturated carbocycles. The molecule has 0 unspecified atom stereocenters. The minimum Gasteiger partial charge on any atom is -0.453 e. The van der Waals surface area contributed by atoms with Crippen LogP contribution in [0.3, 0.4) is 0 Å². The van der Waals surface area contributed by atoms with E-state index in [1.54, 1.807) is 0 Å². The summed E-state index contributed by atoms with van der Waals surface area (Å²) in [6, 6.07) is 28.0. The van der Waals surface area contributed by atoms with Gasteiger partial charge in [0.05, 0.1) is 22.2 Å². The van der Waals surface area contributed by atoms with Crippen molar-refractivity contribution in [3.63, 3.8) is 0 Å². The zero-order valence-electron chi connectivity index (χ0n) is 16.0. The first-order valence-corrected chi connectivity index (χ1v) is 10.1. The van der Waals surface area contributed by atoms with Crippen LogP contribution in [0.5, 0.6) is 11.5 Å². The zero-order chi connectivity index (χ0) is 19.1. The van der Waals surface area contributed by atoms with E-state index < -0.39 is 0 Å². The SMILES string of the molecule is CCn1c2ccccc2c2c3c4ccccc4n4c3c(cc21)Oc1ccccc1-4. The number of hydrogen-bond donors (Lipinski definition) is 0. The molecular formula is C26H18N2O. The average molecular weight is 374 g/mol. The average Bonchev–Trinajstić information content (AvgIpc) is 3.28. The maximum Gasteiger partial charge on any atom is 0.154 e. The van der Waals surface area contributed by atoms with Gasteiger partial charge in [-0.2, -0.15) is 0 Å². The quantitative estimate of drug-likeness (QED) is 0.302. The van der Waals surface area contributed by atoms with Gasteiger partial charge in [0.1, 0.15) is 0 Å². The maximum absolute atomic E-state index is 6.45. The highest BCUT2D eigenvalue weighted by atomic mass is 16.5. The van der Waals surface area contributed by atoms with Crippen molar-refractivity contribution in [3.05, 3.63) is 78.9 Å². The van der Waals surface area contributed by atoms with E-state index in [2.05, 4.69) is 88.9 Å². The third kappa shape index (κ3) is 1.74. The van der Waals surface area contributed by atoms with Crippen molar-refractivity contribution in [3.8, 4) is 17.2 Å². The Balaban J connectivity index is 1.85. The maximum atomic E-state index is 6.45. The van der Waals surface area contributed by atoms with Gasteiger partial charge in [-0.1, -0.05) is 48.5 Å². The molecule has 1 aliphatic rings. The molecule has 0 spiro atoms. The van der Waals surface area contributed by atoms with Crippen LogP contribution in [0.1, 0.15) is 6.92 Å². The summed E-state index contributed by atoms with van der Waals surface area (Å²) < 4.78 is 11.2. The number of ether oxygens (including phenoxy) is 1. The van der Waals surface area contributed by atoms with E-state index >= 15 is 0 Å². The Morgan fingerprint density at radius 2 is 1.38 bits per heavy atom. The van der Waals surface area contributed by atoms with Crippen LogP contribution >= 0.6 is 0 Å². The lowest BCUT2D eigenvalue weighted by Gasteiger charge is -2.21. The standard InChI is InChI=1S/C26H18N2O/c1-2-27-18-11-5-3-9-16(18)24-21(27)15-23-26-25(24)17-10-4-6-12-19(17)28(26)20-13-7-8-14-22(20)29-23/h3-15H,2H2,1H3. The van der Waals surface area contributed by atoms with Crippen molar-refractivity contribution in [2.24, 2.45) is 0 Å². The molecule has 3 heteroatoms. The molecule has 3 heterocycles. The molecule has 0 radical (unpaired) electrons. The Labute approximate surface area is 167 Å². The number of hydrogen-bond acceptors (Lipinski definition) is 1. The number of rotatable bonds is 1. The van der Waals surface area contributed by atoms with Gasteiger partial charge in [0, 0.05) is 39.7 Å². The van der Waals surface area contributed by atoms with Crippen molar-refractivity contribution in [1.29, 1.82) is 0 Å². The molecule has 6 aromatic rings. The highest BCUT2D eigenvalue weighted by molar-refractivity contribution is 6.30. The minimum absolute atomic E-state index is 0.904. The first kappa shape index (κ1) is 15.2. The smallest absolute Gasteiger partial charge is 0.154 e. The van der Waals surface area contributed by atoms with Gasteiger partial charge in [-0.25, -0.2) is 0 Å². The molecule has 0 atom stereocenters. The largest absolute Gasteiger partial charge is 0.453 e. The lowest BCUT2D eigenvalue weighted by molar-refractivity contribution is 0.477. The molecule has 0 aliphatic carbocycles. The fourth-order valence-electron chi connectivity index (χ4n) is 5.17. The van der Waals surface area contributed by atoms with E-state index in [1.807, 2.05) is 6.07 Å². The monoisotopic (exact) mass is 374 g/mol. The fourth-order valence-corrected chi connectivity index (χ4v) is 5.17. The highest BCUT2D eigenvalue weighted by Crippen LogP contribution is 2.49. The van der Waals surface area contributed by atoms with E-state index in [0.29, 0.717) is 0 Å². The van der Waals surface area contributed by atoms with E-state index in [-0.39, 0.29) is 0 Å². The third-order valence-corrected chi connectivity index (χ3v) is 6.28. The van der Waals surface area contributed by atoms with Crippen LogP contribution in [-0.2, 0) is 6.54 Å². The van der Waals surface area contributed by atoms with Crippen molar-refractivity contribution in [1.82, 2.24) is 9.13 Å². The predicted octanol–water partition coefficient (Wildman–Crippen LogP) is 7.02. The molecule has 2 aromatic heterocycles. The number of aryl methyl sites for hydroxylation is 1. The Hall–Kier alpha value is -3.72. The lowest BCUT2D eigenvalue weighted by Crippen LogP contribution is -2.04. The summed E-state index contributed by atoms with van der Waals surface area (Å²) in [6.07, 6.45) is 0. The van der Waals surface area contributed by atoms with Gasteiger partial charge < -0.3 is 13.9 Å². The molecule has 0 saturated heterocycles. The highest BCUT2D eigenvalue weighted by Gasteiger charge is 2.27.